The zero-order chi connectivity index (χ0) is 13.0. The van der Waals surface area contributed by atoms with Gasteiger partial charge in [0.05, 0.1) is 13.7 Å². The molecule has 1 fully saturated rings. The minimum Gasteiger partial charge on any atom is -0.497 e. The fourth-order valence-corrected chi connectivity index (χ4v) is 2.84. The van der Waals surface area contributed by atoms with Crippen LogP contribution >= 0.6 is 0 Å². The minimum atomic E-state index is 0.145. The third-order valence-corrected chi connectivity index (χ3v) is 3.70. The Morgan fingerprint density at radius 1 is 1.28 bits per heavy atom. The molecule has 0 radical (unpaired) electrons. The van der Waals surface area contributed by atoms with Crippen LogP contribution in [0.2, 0.25) is 0 Å². The van der Waals surface area contributed by atoms with Crippen LogP contribution in [0.15, 0.2) is 24.3 Å². The maximum absolute atomic E-state index is 5.28. The summed E-state index contributed by atoms with van der Waals surface area (Å²) in [7, 11) is 3.47. The standard InChI is InChI=1S/C15H23NO2/c1-15(11-17-2)9-13(10-16-15)8-12-4-6-14(18-3)7-5-12/h4-7,13,16H,8-11H2,1-3H3. The van der Waals surface area contributed by atoms with Gasteiger partial charge in [0.15, 0.2) is 0 Å². The predicted molar refractivity (Wildman–Crippen MR) is 73.1 cm³/mol. The number of methoxy groups -OCH3 is 2. The molecular weight excluding hydrogens is 226 g/mol. The van der Waals surface area contributed by atoms with Crippen molar-refractivity contribution in [1.82, 2.24) is 5.32 Å². The molecule has 2 rings (SSSR count). The third-order valence-electron chi connectivity index (χ3n) is 3.70. The lowest BCUT2D eigenvalue weighted by atomic mass is 9.91. The molecule has 1 aliphatic heterocycles. The highest BCUT2D eigenvalue weighted by Gasteiger charge is 2.34. The summed E-state index contributed by atoms with van der Waals surface area (Å²) in [6.07, 6.45) is 2.29. The molecule has 0 spiro atoms. The van der Waals surface area contributed by atoms with Gasteiger partial charge in [-0.1, -0.05) is 12.1 Å². The number of ether oxygens (including phenoxy) is 2. The molecule has 0 bridgehead atoms. The van der Waals surface area contributed by atoms with E-state index in [4.69, 9.17) is 9.47 Å². The van der Waals surface area contributed by atoms with E-state index < -0.39 is 0 Å². The van der Waals surface area contributed by atoms with Gasteiger partial charge in [-0.05, 0) is 49.9 Å². The molecule has 3 nitrogen and oxygen atoms in total. The van der Waals surface area contributed by atoms with Gasteiger partial charge in [0.2, 0.25) is 0 Å². The Labute approximate surface area is 109 Å². The Balaban J connectivity index is 1.90. The normalized spacial score (nSPS) is 27.4. The van der Waals surface area contributed by atoms with E-state index in [0.29, 0.717) is 5.92 Å². The minimum absolute atomic E-state index is 0.145. The highest BCUT2D eigenvalue weighted by atomic mass is 16.5. The summed E-state index contributed by atoms with van der Waals surface area (Å²) in [5.74, 6) is 1.62. The first-order chi connectivity index (χ1) is 8.65. The Hall–Kier alpha value is -1.06. The van der Waals surface area contributed by atoms with Crippen LogP contribution in [-0.2, 0) is 11.2 Å². The van der Waals surface area contributed by atoms with Crippen LogP contribution < -0.4 is 10.1 Å². The van der Waals surface area contributed by atoms with Crippen molar-refractivity contribution in [2.24, 2.45) is 5.92 Å². The van der Waals surface area contributed by atoms with Crippen molar-refractivity contribution in [2.75, 3.05) is 27.4 Å². The Morgan fingerprint density at radius 3 is 2.61 bits per heavy atom. The van der Waals surface area contributed by atoms with E-state index in [9.17, 15) is 0 Å². The first kappa shape index (κ1) is 13.4. The van der Waals surface area contributed by atoms with E-state index in [1.165, 1.54) is 12.0 Å². The van der Waals surface area contributed by atoms with Crippen molar-refractivity contribution < 1.29 is 9.47 Å². The Kier molecular flexibility index (Phi) is 4.25. The molecule has 1 aliphatic rings. The topological polar surface area (TPSA) is 30.5 Å². The molecule has 1 N–H and O–H groups in total. The van der Waals surface area contributed by atoms with Gasteiger partial charge in [-0.25, -0.2) is 0 Å². The van der Waals surface area contributed by atoms with E-state index in [1.807, 2.05) is 12.1 Å². The van der Waals surface area contributed by atoms with Crippen LogP contribution in [-0.4, -0.2) is 32.9 Å². The summed E-state index contributed by atoms with van der Waals surface area (Å²) < 4.78 is 10.5. The lowest BCUT2D eigenvalue weighted by molar-refractivity contribution is 0.128. The van der Waals surface area contributed by atoms with Crippen LogP contribution in [0.4, 0.5) is 0 Å². The van der Waals surface area contributed by atoms with Gasteiger partial charge in [-0.2, -0.15) is 0 Å². The monoisotopic (exact) mass is 249 g/mol. The first-order valence-corrected chi connectivity index (χ1v) is 6.52. The van der Waals surface area contributed by atoms with Gasteiger partial charge in [-0.3, -0.25) is 0 Å². The summed E-state index contributed by atoms with van der Waals surface area (Å²) in [4.78, 5) is 0. The van der Waals surface area contributed by atoms with Crippen LogP contribution in [0.5, 0.6) is 5.75 Å². The molecule has 0 aromatic heterocycles. The second-order valence-corrected chi connectivity index (χ2v) is 5.50. The van der Waals surface area contributed by atoms with Crippen LogP contribution in [0, 0.1) is 5.92 Å². The second-order valence-electron chi connectivity index (χ2n) is 5.50. The fraction of sp³-hybridized carbons (Fsp3) is 0.600. The molecule has 1 aromatic carbocycles. The summed E-state index contributed by atoms with van der Waals surface area (Å²) in [5, 5.41) is 3.58. The van der Waals surface area contributed by atoms with E-state index in [-0.39, 0.29) is 5.54 Å². The zero-order valence-corrected chi connectivity index (χ0v) is 11.5. The van der Waals surface area contributed by atoms with E-state index in [1.54, 1.807) is 14.2 Å². The van der Waals surface area contributed by atoms with Crippen molar-refractivity contribution in [1.29, 1.82) is 0 Å². The number of rotatable bonds is 5. The van der Waals surface area contributed by atoms with Gasteiger partial charge < -0.3 is 14.8 Å². The number of hydrogen-bond donors (Lipinski definition) is 1. The van der Waals surface area contributed by atoms with Crippen molar-refractivity contribution >= 4 is 0 Å². The molecule has 2 unspecified atom stereocenters. The molecular formula is C15H23NO2. The maximum atomic E-state index is 5.28. The van der Waals surface area contributed by atoms with Crippen molar-refractivity contribution in [3.63, 3.8) is 0 Å². The predicted octanol–water partition coefficient (Wildman–Crippen LogP) is 2.25. The van der Waals surface area contributed by atoms with Crippen molar-refractivity contribution in [3.05, 3.63) is 29.8 Å². The molecule has 18 heavy (non-hydrogen) atoms. The zero-order valence-electron chi connectivity index (χ0n) is 11.5. The van der Waals surface area contributed by atoms with Crippen LogP contribution in [0.25, 0.3) is 0 Å². The van der Waals surface area contributed by atoms with Gasteiger partial charge in [0, 0.05) is 12.6 Å². The van der Waals surface area contributed by atoms with E-state index in [2.05, 4.69) is 24.4 Å². The molecule has 3 heteroatoms. The van der Waals surface area contributed by atoms with Gasteiger partial charge in [0.1, 0.15) is 5.75 Å². The molecule has 0 aliphatic carbocycles. The summed E-state index contributed by atoms with van der Waals surface area (Å²) >= 11 is 0. The highest BCUT2D eigenvalue weighted by molar-refractivity contribution is 5.27. The quantitative estimate of drug-likeness (QED) is 0.868. The summed E-state index contributed by atoms with van der Waals surface area (Å²) in [5.41, 5.74) is 1.52. The van der Waals surface area contributed by atoms with E-state index in [0.717, 1.165) is 25.3 Å². The smallest absolute Gasteiger partial charge is 0.118 e. The summed E-state index contributed by atoms with van der Waals surface area (Å²) in [6.45, 7) is 4.10. The average molecular weight is 249 g/mol. The second kappa shape index (κ2) is 5.72. The maximum Gasteiger partial charge on any atom is 0.118 e. The molecule has 0 amide bonds. The molecule has 0 saturated carbocycles. The largest absolute Gasteiger partial charge is 0.497 e. The SMILES string of the molecule is COCC1(C)CC(Cc2ccc(OC)cc2)CN1. The fourth-order valence-electron chi connectivity index (χ4n) is 2.84. The van der Waals surface area contributed by atoms with Crippen LogP contribution in [0.3, 0.4) is 0 Å². The average Bonchev–Trinajstić information content (AvgIpc) is 2.72. The van der Waals surface area contributed by atoms with Gasteiger partial charge >= 0.3 is 0 Å². The lowest BCUT2D eigenvalue weighted by Gasteiger charge is -2.23. The molecule has 2 atom stereocenters. The molecule has 1 aromatic rings. The van der Waals surface area contributed by atoms with Crippen molar-refractivity contribution in [2.45, 2.75) is 25.3 Å². The lowest BCUT2D eigenvalue weighted by Crippen LogP contribution is -2.40. The highest BCUT2D eigenvalue weighted by Crippen LogP contribution is 2.27. The molecule has 1 saturated heterocycles. The third kappa shape index (κ3) is 3.24. The van der Waals surface area contributed by atoms with Gasteiger partial charge in [0.25, 0.3) is 0 Å². The molecule has 1 heterocycles. The number of nitrogens with one attached hydrogen (secondary N) is 1. The molecule has 100 valence electrons. The van der Waals surface area contributed by atoms with E-state index >= 15 is 0 Å². The summed E-state index contributed by atoms with van der Waals surface area (Å²) in [6, 6.07) is 8.38. The number of benzene rings is 1. The Morgan fingerprint density at radius 2 is 2.00 bits per heavy atom. The first-order valence-electron chi connectivity index (χ1n) is 6.52. The van der Waals surface area contributed by atoms with Gasteiger partial charge in [-0.15, -0.1) is 0 Å². The van der Waals surface area contributed by atoms with Crippen LogP contribution in [0.1, 0.15) is 18.9 Å². The van der Waals surface area contributed by atoms with Crippen molar-refractivity contribution in [3.8, 4) is 5.75 Å². The Bertz CT molecular complexity index is 377. The number of hydrogen-bond acceptors (Lipinski definition) is 3.